The summed E-state index contributed by atoms with van der Waals surface area (Å²) in [5.74, 6) is 1.77. The van der Waals surface area contributed by atoms with Crippen LogP contribution in [-0.4, -0.2) is 25.0 Å². The summed E-state index contributed by atoms with van der Waals surface area (Å²) in [4.78, 5) is 18.1. The summed E-state index contributed by atoms with van der Waals surface area (Å²) < 4.78 is 0. The molecule has 1 saturated carbocycles. The van der Waals surface area contributed by atoms with Crippen LogP contribution in [0.2, 0.25) is 0 Å². The molecule has 0 spiro atoms. The maximum absolute atomic E-state index is 12.1. The molecule has 0 radical (unpaired) electrons. The first-order valence-corrected chi connectivity index (χ1v) is 7.11. The lowest BCUT2D eigenvalue weighted by atomic mass is 10.0. The van der Waals surface area contributed by atoms with E-state index < -0.39 is 0 Å². The molecule has 0 unspecified atom stereocenters. The fourth-order valence-electron chi connectivity index (χ4n) is 2.67. The van der Waals surface area contributed by atoms with Gasteiger partial charge < -0.3 is 10.2 Å². The molecule has 0 saturated heterocycles. The van der Waals surface area contributed by atoms with Crippen molar-refractivity contribution < 1.29 is 4.79 Å². The highest BCUT2D eigenvalue weighted by Gasteiger charge is 2.18. The molecule has 1 aliphatic carbocycles. The minimum absolute atomic E-state index is 0.186. The minimum Gasteiger partial charge on any atom is -0.373 e. The van der Waals surface area contributed by atoms with Crippen LogP contribution in [0.25, 0.3) is 0 Å². The highest BCUT2D eigenvalue weighted by Crippen LogP contribution is 2.29. The number of carbonyl (C=O) groups is 1. The summed E-state index contributed by atoms with van der Waals surface area (Å²) in [6.45, 7) is 0. The van der Waals surface area contributed by atoms with E-state index >= 15 is 0 Å². The number of anilines is 2. The Morgan fingerprint density at radius 3 is 2.74 bits per heavy atom. The van der Waals surface area contributed by atoms with Crippen molar-refractivity contribution >= 4 is 17.4 Å². The van der Waals surface area contributed by atoms with Gasteiger partial charge in [0.25, 0.3) is 0 Å². The molecule has 1 heterocycles. The number of hydrogen-bond donors (Lipinski definition) is 1. The third-order valence-corrected chi connectivity index (χ3v) is 4.01. The van der Waals surface area contributed by atoms with Crippen molar-refractivity contribution in [2.24, 2.45) is 5.92 Å². The van der Waals surface area contributed by atoms with Gasteiger partial charge in [0.15, 0.2) is 0 Å². The van der Waals surface area contributed by atoms with Crippen LogP contribution in [0.3, 0.4) is 0 Å². The molecular formula is C15H23N3O. The molecule has 0 bridgehead atoms. The largest absolute Gasteiger partial charge is 0.373 e. The van der Waals surface area contributed by atoms with Crippen LogP contribution in [0.15, 0.2) is 18.3 Å². The van der Waals surface area contributed by atoms with Gasteiger partial charge in [0.2, 0.25) is 5.91 Å². The van der Waals surface area contributed by atoms with E-state index in [1.807, 2.05) is 26.2 Å². The Morgan fingerprint density at radius 1 is 1.42 bits per heavy atom. The van der Waals surface area contributed by atoms with Crippen molar-refractivity contribution in [3.63, 3.8) is 0 Å². The molecule has 4 heteroatoms. The van der Waals surface area contributed by atoms with E-state index in [4.69, 9.17) is 0 Å². The van der Waals surface area contributed by atoms with Crippen molar-refractivity contribution in [3.8, 4) is 0 Å². The van der Waals surface area contributed by atoms with Gasteiger partial charge in [-0.3, -0.25) is 4.79 Å². The van der Waals surface area contributed by atoms with Crippen LogP contribution in [0.4, 0.5) is 11.5 Å². The van der Waals surface area contributed by atoms with Crippen molar-refractivity contribution in [3.05, 3.63) is 18.3 Å². The van der Waals surface area contributed by atoms with Gasteiger partial charge in [-0.1, -0.05) is 25.7 Å². The average molecular weight is 261 g/mol. The maximum atomic E-state index is 12.1. The second kappa shape index (κ2) is 6.55. The quantitative estimate of drug-likeness (QED) is 0.886. The Kier molecular flexibility index (Phi) is 4.77. The van der Waals surface area contributed by atoms with Gasteiger partial charge in [-0.15, -0.1) is 0 Å². The molecule has 1 fully saturated rings. The summed E-state index contributed by atoms with van der Waals surface area (Å²) in [6.07, 6.45) is 8.69. The number of pyridine rings is 1. The van der Waals surface area contributed by atoms with E-state index in [0.29, 0.717) is 6.42 Å². The van der Waals surface area contributed by atoms with Crippen LogP contribution in [0.1, 0.15) is 38.5 Å². The van der Waals surface area contributed by atoms with Crippen LogP contribution in [-0.2, 0) is 4.79 Å². The molecule has 1 aromatic heterocycles. The molecule has 1 aromatic rings. The monoisotopic (exact) mass is 261 g/mol. The van der Waals surface area contributed by atoms with Gasteiger partial charge >= 0.3 is 0 Å². The van der Waals surface area contributed by atoms with Crippen molar-refractivity contribution in [1.82, 2.24) is 4.98 Å². The number of nitrogens with one attached hydrogen (secondary N) is 1. The molecule has 104 valence electrons. The van der Waals surface area contributed by atoms with Gasteiger partial charge in [0.1, 0.15) is 5.82 Å². The van der Waals surface area contributed by atoms with Gasteiger partial charge in [0, 0.05) is 20.5 Å². The first kappa shape index (κ1) is 13.8. The van der Waals surface area contributed by atoms with Crippen molar-refractivity contribution in [2.75, 3.05) is 24.3 Å². The zero-order valence-corrected chi connectivity index (χ0v) is 11.9. The summed E-state index contributed by atoms with van der Waals surface area (Å²) in [5.41, 5.74) is 0.857. The van der Waals surface area contributed by atoms with E-state index in [9.17, 15) is 4.79 Å². The Balaban J connectivity index is 1.86. The summed E-state index contributed by atoms with van der Waals surface area (Å²) in [5, 5.41) is 2.97. The fourth-order valence-corrected chi connectivity index (χ4v) is 2.67. The van der Waals surface area contributed by atoms with Crippen molar-refractivity contribution in [1.29, 1.82) is 0 Å². The highest BCUT2D eigenvalue weighted by atomic mass is 16.2. The van der Waals surface area contributed by atoms with E-state index in [2.05, 4.69) is 10.3 Å². The number of carbonyl (C=O) groups excluding carboxylic acids is 1. The first-order chi connectivity index (χ1) is 9.20. The number of rotatable bonds is 5. The number of amides is 1. The lowest BCUT2D eigenvalue weighted by Gasteiger charge is -2.18. The average Bonchev–Trinajstić information content (AvgIpc) is 2.97. The molecule has 1 amide bonds. The lowest BCUT2D eigenvalue weighted by Crippen LogP contribution is -2.26. The van der Waals surface area contributed by atoms with E-state index in [0.717, 1.165) is 23.8 Å². The molecule has 19 heavy (non-hydrogen) atoms. The number of hydrogen-bond acceptors (Lipinski definition) is 3. The normalized spacial score (nSPS) is 15.5. The molecule has 2 rings (SSSR count). The Hall–Kier alpha value is -1.58. The number of nitrogens with zero attached hydrogens (tertiary/aromatic N) is 2. The van der Waals surface area contributed by atoms with Crippen molar-refractivity contribution in [2.45, 2.75) is 38.5 Å². The predicted octanol–water partition coefficient (Wildman–Crippen LogP) is 3.06. The second-order valence-corrected chi connectivity index (χ2v) is 5.29. The molecular weight excluding hydrogens is 238 g/mol. The maximum Gasteiger partial charge on any atom is 0.226 e. The van der Waals surface area contributed by atoms with Crippen LogP contribution in [0.5, 0.6) is 0 Å². The van der Waals surface area contributed by atoms with Crippen LogP contribution in [0, 0.1) is 5.92 Å². The summed E-state index contributed by atoms with van der Waals surface area (Å²) in [7, 11) is 3.66. The van der Waals surface area contributed by atoms with Gasteiger partial charge in [0.05, 0.1) is 11.9 Å². The first-order valence-electron chi connectivity index (χ1n) is 7.11. The zero-order valence-electron chi connectivity index (χ0n) is 11.9. The second-order valence-electron chi connectivity index (χ2n) is 5.29. The Labute approximate surface area is 115 Å². The van der Waals surface area contributed by atoms with Gasteiger partial charge in [-0.05, 0) is 24.5 Å². The predicted molar refractivity (Wildman–Crippen MR) is 78.4 cm³/mol. The minimum atomic E-state index is 0.186. The standard InChI is InChI=1S/C15H23N3O/c1-16-14-9-8-13(11-17-14)18(2)15(19)10-7-12-5-3-4-6-12/h8-9,11-12H,3-7,10H2,1-2H3,(H,16,17). The SMILES string of the molecule is CNc1ccc(N(C)C(=O)CCC2CCCC2)cn1. The molecule has 0 aliphatic heterocycles. The third kappa shape index (κ3) is 3.69. The topological polar surface area (TPSA) is 45.2 Å². The van der Waals surface area contributed by atoms with Gasteiger partial charge in [-0.2, -0.15) is 0 Å². The molecule has 1 N–H and O–H groups in total. The van der Waals surface area contributed by atoms with Crippen LogP contribution >= 0.6 is 0 Å². The van der Waals surface area contributed by atoms with E-state index in [1.165, 1.54) is 25.7 Å². The summed E-state index contributed by atoms with van der Waals surface area (Å²) in [6, 6.07) is 3.81. The molecule has 1 aliphatic rings. The van der Waals surface area contributed by atoms with E-state index in [1.54, 1.807) is 11.1 Å². The molecule has 0 atom stereocenters. The fraction of sp³-hybridized carbons (Fsp3) is 0.600. The van der Waals surface area contributed by atoms with Crippen LogP contribution < -0.4 is 10.2 Å². The smallest absolute Gasteiger partial charge is 0.226 e. The Bertz CT molecular complexity index is 410. The van der Waals surface area contributed by atoms with Gasteiger partial charge in [-0.25, -0.2) is 4.98 Å². The zero-order chi connectivity index (χ0) is 13.7. The Morgan fingerprint density at radius 2 is 2.16 bits per heavy atom. The highest BCUT2D eigenvalue weighted by molar-refractivity contribution is 5.92. The van der Waals surface area contributed by atoms with E-state index in [-0.39, 0.29) is 5.91 Å². The number of aromatic nitrogens is 1. The molecule has 0 aromatic carbocycles. The summed E-state index contributed by atoms with van der Waals surface area (Å²) >= 11 is 0. The molecule has 4 nitrogen and oxygen atoms in total. The lowest BCUT2D eigenvalue weighted by molar-refractivity contribution is -0.118. The third-order valence-electron chi connectivity index (χ3n) is 4.01.